The highest BCUT2D eigenvalue weighted by Gasteiger charge is 2.24. The highest BCUT2D eigenvalue weighted by molar-refractivity contribution is 5.90. The number of carbonyl (C=O) groups is 2. The Balaban J connectivity index is 1.69. The number of alkyl carbamates (subject to hydrolysis) is 1. The van der Waals surface area contributed by atoms with Gasteiger partial charge in [0.15, 0.2) is 0 Å². The third-order valence-electron chi connectivity index (χ3n) is 3.57. The molecule has 8 nitrogen and oxygen atoms in total. The normalized spacial score (nSPS) is 16.7. The van der Waals surface area contributed by atoms with E-state index in [4.69, 9.17) is 9.26 Å². The number of likely N-dealkylation sites (tertiary alicyclic amines) is 1. The Morgan fingerprint density at radius 3 is 2.58 bits per heavy atom. The van der Waals surface area contributed by atoms with Gasteiger partial charge in [0.2, 0.25) is 11.8 Å². The minimum absolute atomic E-state index is 0.0797. The molecule has 1 aromatic rings. The highest BCUT2D eigenvalue weighted by Crippen LogP contribution is 2.13. The molecule has 0 spiro atoms. The van der Waals surface area contributed by atoms with Crippen molar-refractivity contribution in [2.45, 2.75) is 52.2 Å². The van der Waals surface area contributed by atoms with Gasteiger partial charge in [0.05, 0.1) is 12.2 Å². The Labute approximate surface area is 141 Å². The Bertz CT molecular complexity index is 571. The molecule has 0 saturated carbocycles. The summed E-state index contributed by atoms with van der Waals surface area (Å²) in [4.78, 5) is 25.8. The van der Waals surface area contributed by atoms with E-state index < -0.39 is 5.60 Å². The molecular formula is C16H26N4O4. The minimum atomic E-state index is -0.498. The lowest BCUT2D eigenvalue weighted by Gasteiger charge is -2.32. The van der Waals surface area contributed by atoms with Crippen molar-refractivity contribution in [1.29, 1.82) is 0 Å². The maximum atomic E-state index is 12.0. The molecule has 0 unspecified atom stereocenters. The van der Waals surface area contributed by atoms with Crippen LogP contribution < -0.4 is 10.6 Å². The molecule has 2 rings (SSSR count). The van der Waals surface area contributed by atoms with Crippen LogP contribution in [-0.2, 0) is 9.53 Å². The van der Waals surface area contributed by atoms with Gasteiger partial charge in [-0.2, -0.15) is 0 Å². The summed E-state index contributed by atoms with van der Waals surface area (Å²) in [5.74, 6) is 0.226. The number of ether oxygens (including phenoxy) is 1. The number of rotatable bonds is 4. The summed E-state index contributed by atoms with van der Waals surface area (Å²) in [7, 11) is 0. The van der Waals surface area contributed by atoms with E-state index in [0.29, 0.717) is 12.4 Å². The van der Waals surface area contributed by atoms with Crippen LogP contribution in [0.1, 0.15) is 39.3 Å². The van der Waals surface area contributed by atoms with Crippen LogP contribution in [0.3, 0.4) is 0 Å². The first-order chi connectivity index (χ1) is 11.2. The number of piperidine rings is 1. The standard InChI is InChI=1S/C16H26N4O4/c1-11-9-14(24-19-11)18-13(21)10-20-7-5-12(6-8-20)17-15(22)23-16(2,3)4/h9,12H,5-8,10H2,1-4H3,(H,17,22)(H,18,21). The molecule has 0 radical (unpaired) electrons. The molecule has 24 heavy (non-hydrogen) atoms. The zero-order valence-electron chi connectivity index (χ0n) is 14.7. The molecule has 1 fully saturated rings. The number of hydrogen-bond acceptors (Lipinski definition) is 6. The van der Waals surface area contributed by atoms with Gasteiger partial charge in [0.1, 0.15) is 5.60 Å². The van der Waals surface area contributed by atoms with Crippen LogP contribution in [0.5, 0.6) is 0 Å². The fourth-order valence-electron chi connectivity index (χ4n) is 2.51. The molecule has 1 saturated heterocycles. The number of aryl methyl sites for hydroxylation is 1. The zero-order chi connectivity index (χ0) is 17.7. The van der Waals surface area contributed by atoms with Gasteiger partial charge in [0.25, 0.3) is 0 Å². The minimum Gasteiger partial charge on any atom is -0.444 e. The summed E-state index contributed by atoms with van der Waals surface area (Å²) in [6.07, 6.45) is 1.18. The number of nitrogens with one attached hydrogen (secondary N) is 2. The predicted octanol–water partition coefficient (Wildman–Crippen LogP) is 1.91. The second-order valence-electron chi connectivity index (χ2n) is 7.08. The van der Waals surface area contributed by atoms with Crippen molar-refractivity contribution in [2.75, 3.05) is 25.0 Å². The molecule has 1 aliphatic heterocycles. The van der Waals surface area contributed by atoms with E-state index in [2.05, 4.69) is 15.8 Å². The second-order valence-corrected chi connectivity index (χ2v) is 7.08. The van der Waals surface area contributed by atoms with Gasteiger partial charge in [-0.05, 0) is 40.5 Å². The topological polar surface area (TPSA) is 96.7 Å². The van der Waals surface area contributed by atoms with Crippen molar-refractivity contribution in [1.82, 2.24) is 15.4 Å². The molecule has 0 atom stereocenters. The summed E-state index contributed by atoms with van der Waals surface area (Å²) in [6.45, 7) is 9.07. The van der Waals surface area contributed by atoms with Gasteiger partial charge >= 0.3 is 6.09 Å². The van der Waals surface area contributed by atoms with Crippen LogP contribution in [0.25, 0.3) is 0 Å². The summed E-state index contributed by atoms with van der Waals surface area (Å²) >= 11 is 0. The number of aromatic nitrogens is 1. The number of carbonyl (C=O) groups excluding carboxylic acids is 2. The Morgan fingerprint density at radius 2 is 2.04 bits per heavy atom. The molecule has 2 amide bonds. The molecule has 1 aromatic heterocycles. The Kier molecular flexibility index (Phi) is 5.82. The molecule has 8 heteroatoms. The maximum Gasteiger partial charge on any atom is 0.407 e. The number of nitrogens with zero attached hydrogens (tertiary/aromatic N) is 2. The first-order valence-electron chi connectivity index (χ1n) is 8.16. The fourth-order valence-corrected chi connectivity index (χ4v) is 2.51. The third-order valence-corrected chi connectivity index (χ3v) is 3.57. The summed E-state index contributed by atoms with van der Waals surface area (Å²) in [6, 6.07) is 1.76. The van der Waals surface area contributed by atoms with Gasteiger partial charge in [-0.1, -0.05) is 5.16 Å². The average molecular weight is 338 g/mol. The van der Waals surface area contributed by atoms with E-state index in [1.54, 1.807) is 13.0 Å². The Morgan fingerprint density at radius 1 is 1.38 bits per heavy atom. The average Bonchev–Trinajstić information content (AvgIpc) is 2.84. The number of hydrogen-bond donors (Lipinski definition) is 2. The van der Waals surface area contributed by atoms with Crippen molar-refractivity contribution in [3.63, 3.8) is 0 Å². The quantitative estimate of drug-likeness (QED) is 0.870. The van der Waals surface area contributed by atoms with E-state index in [1.807, 2.05) is 25.7 Å². The van der Waals surface area contributed by atoms with Gasteiger partial charge in [-0.25, -0.2) is 4.79 Å². The van der Waals surface area contributed by atoms with Gasteiger partial charge in [0, 0.05) is 25.2 Å². The van der Waals surface area contributed by atoms with Gasteiger partial charge in [-0.3, -0.25) is 15.0 Å². The van der Waals surface area contributed by atoms with Crippen LogP contribution in [0.4, 0.5) is 10.7 Å². The van der Waals surface area contributed by atoms with Crippen molar-refractivity contribution in [2.24, 2.45) is 0 Å². The summed E-state index contributed by atoms with van der Waals surface area (Å²) in [5, 5.41) is 9.28. The SMILES string of the molecule is Cc1cc(NC(=O)CN2CCC(NC(=O)OC(C)(C)C)CC2)on1. The largest absolute Gasteiger partial charge is 0.444 e. The lowest BCUT2D eigenvalue weighted by atomic mass is 10.1. The highest BCUT2D eigenvalue weighted by atomic mass is 16.6. The Hall–Kier alpha value is -2.09. The van der Waals surface area contributed by atoms with Crippen LogP contribution >= 0.6 is 0 Å². The summed E-state index contributed by atoms with van der Waals surface area (Å²) < 4.78 is 10.2. The van der Waals surface area contributed by atoms with Crippen LogP contribution in [-0.4, -0.2) is 53.3 Å². The molecule has 0 aliphatic carbocycles. The smallest absolute Gasteiger partial charge is 0.407 e. The lowest BCUT2D eigenvalue weighted by Crippen LogP contribution is -2.47. The fraction of sp³-hybridized carbons (Fsp3) is 0.688. The van der Waals surface area contributed by atoms with Crippen molar-refractivity contribution in [3.8, 4) is 0 Å². The van der Waals surface area contributed by atoms with Crippen molar-refractivity contribution in [3.05, 3.63) is 11.8 Å². The van der Waals surface area contributed by atoms with Crippen molar-refractivity contribution >= 4 is 17.9 Å². The molecule has 2 heterocycles. The monoisotopic (exact) mass is 338 g/mol. The predicted molar refractivity (Wildman–Crippen MR) is 88.7 cm³/mol. The van der Waals surface area contributed by atoms with E-state index >= 15 is 0 Å². The van der Waals surface area contributed by atoms with E-state index in [-0.39, 0.29) is 18.0 Å². The molecule has 134 valence electrons. The van der Waals surface area contributed by atoms with E-state index in [1.165, 1.54) is 0 Å². The van der Waals surface area contributed by atoms with Crippen LogP contribution in [0.15, 0.2) is 10.6 Å². The maximum absolute atomic E-state index is 12.0. The molecule has 0 aromatic carbocycles. The second kappa shape index (κ2) is 7.65. The first kappa shape index (κ1) is 18.3. The molecule has 1 aliphatic rings. The van der Waals surface area contributed by atoms with Gasteiger partial charge in [-0.15, -0.1) is 0 Å². The van der Waals surface area contributed by atoms with E-state index in [0.717, 1.165) is 31.6 Å². The van der Waals surface area contributed by atoms with Crippen molar-refractivity contribution < 1.29 is 18.8 Å². The first-order valence-corrected chi connectivity index (χ1v) is 8.16. The molecule has 2 N–H and O–H groups in total. The number of anilines is 1. The van der Waals surface area contributed by atoms with Gasteiger partial charge < -0.3 is 14.6 Å². The van der Waals surface area contributed by atoms with E-state index in [9.17, 15) is 9.59 Å². The third kappa shape index (κ3) is 6.19. The van der Waals surface area contributed by atoms with Crippen LogP contribution in [0.2, 0.25) is 0 Å². The molecular weight excluding hydrogens is 312 g/mol. The van der Waals surface area contributed by atoms with Crippen LogP contribution in [0, 0.1) is 6.92 Å². The summed E-state index contributed by atoms with van der Waals surface area (Å²) in [5.41, 5.74) is 0.224. The molecule has 0 bridgehead atoms. The lowest BCUT2D eigenvalue weighted by molar-refractivity contribution is -0.117. The number of amides is 2. The zero-order valence-corrected chi connectivity index (χ0v) is 14.7.